The third kappa shape index (κ3) is 4.13. The second kappa shape index (κ2) is 9.61. The Balaban J connectivity index is 1.32. The maximum absolute atomic E-state index is 13.7. The molecule has 0 unspecified atom stereocenters. The van der Waals surface area contributed by atoms with E-state index in [1.165, 1.54) is 4.90 Å². The van der Waals surface area contributed by atoms with E-state index < -0.39 is 24.0 Å². The highest BCUT2D eigenvalue weighted by Gasteiger charge is 2.60. The van der Waals surface area contributed by atoms with Gasteiger partial charge in [-0.15, -0.1) is 0 Å². The van der Waals surface area contributed by atoms with Crippen LogP contribution in [-0.2, 0) is 14.4 Å². The molecule has 0 bridgehead atoms. The van der Waals surface area contributed by atoms with E-state index in [-0.39, 0.29) is 11.8 Å². The molecule has 3 atom stereocenters. The quantitative estimate of drug-likeness (QED) is 0.210. The van der Waals surface area contributed by atoms with E-state index in [2.05, 4.69) is 0 Å². The zero-order valence-electron chi connectivity index (χ0n) is 20.6. The molecule has 0 aromatic heterocycles. The van der Waals surface area contributed by atoms with Crippen molar-refractivity contribution in [3.05, 3.63) is 126 Å². The Morgan fingerprint density at radius 1 is 0.737 bits per heavy atom. The molecule has 2 heterocycles. The smallest absolute Gasteiger partial charge is 0.343 e. The number of amides is 2. The summed E-state index contributed by atoms with van der Waals surface area (Å²) < 4.78 is 5.53. The molecule has 7 nitrogen and oxygen atoms in total. The highest BCUT2D eigenvalue weighted by molar-refractivity contribution is 6.23. The van der Waals surface area contributed by atoms with Gasteiger partial charge in [0.05, 0.1) is 23.0 Å². The topological polar surface area (TPSA) is 76.2 Å². The number of ether oxygens (including phenoxy) is 1. The SMILES string of the molecule is Cc1ccc(N2C(=O)[C@H]3[C@@H](c4ccc(OC(=O)c5ccccc5)cc4)N(c4ccccc4)O[C@H]3C2=O)cc1. The zero-order chi connectivity index (χ0) is 26.2. The first-order valence-electron chi connectivity index (χ1n) is 12.3. The van der Waals surface area contributed by atoms with E-state index in [9.17, 15) is 14.4 Å². The first-order valence-corrected chi connectivity index (χ1v) is 12.3. The molecule has 2 saturated heterocycles. The number of hydroxylamine groups is 1. The number of benzene rings is 4. The summed E-state index contributed by atoms with van der Waals surface area (Å²) in [6, 6.07) is 31.8. The highest BCUT2D eigenvalue weighted by atomic mass is 16.7. The van der Waals surface area contributed by atoms with Crippen LogP contribution in [0.2, 0.25) is 0 Å². The molecule has 38 heavy (non-hydrogen) atoms. The average Bonchev–Trinajstić information content (AvgIpc) is 3.46. The van der Waals surface area contributed by atoms with Crippen molar-refractivity contribution in [2.24, 2.45) is 5.92 Å². The fourth-order valence-corrected chi connectivity index (χ4v) is 4.97. The van der Waals surface area contributed by atoms with Gasteiger partial charge in [-0.1, -0.05) is 66.2 Å². The van der Waals surface area contributed by atoms with Crippen LogP contribution in [0.5, 0.6) is 5.75 Å². The summed E-state index contributed by atoms with van der Waals surface area (Å²) in [4.78, 5) is 47.1. The molecule has 0 radical (unpaired) electrons. The van der Waals surface area contributed by atoms with E-state index in [1.54, 1.807) is 65.7 Å². The molecule has 2 amide bonds. The van der Waals surface area contributed by atoms with Gasteiger partial charge in [-0.05, 0) is 61.0 Å². The van der Waals surface area contributed by atoms with Gasteiger partial charge in [0, 0.05) is 0 Å². The lowest BCUT2D eigenvalue weighted by atomic mass is 9.90. The molecule has 4 aromatic carbocycles. The van der Waals surface area contributed by atoms with E-state index in [1.807, 2.05) is 55.5 Å². The van der Waals surface area contributed by atoms with Crippen LogP contribution in [0, 0.1) is 12.8 Å². The van der Waals surface area contributed by atoms with Crippen LogP contribution in [0.25, 0.3) is 0 Å². The summed E-state index contributed by atoms with van der Waals surface area (Å²) in [6.45, 7) is 1.95. The number of anilines is 2. The molecule has 6 rings (SSSR count). The van der Waals surface area contributed by atoms with Gasteiger partial charge in [-0.25, -0.2) is 14.8 Å². The molecule has 0 N–H and O–H groups in total. The molecular formula is C31H24N2O5. The molecule has 2 fully saturated rings. The van der Waals surface area contributed by atoms with Gasteiger partial charge < -0.3 is 4.74 Å². The van der Waals surface area contributed by atoms with Crippen molar-refractivity contribution < 1.29 is 24.0 Å². The minimum absolute atomic E-state index is 0.313. The van der Waals surface area contributed by atoms with Gasteiger partial charge in [0.15, 0.2) is 6.10 Å². The Morgan fingerprint density at radius 3 is 2.03 bits per heavy atom. The van der Waals surface area contributed by atoms with Crippen molar-refractivity contribution in [2.75, 3.05) is 9.96 Å². The molecule has 188 valence electrons. The predicted molar refractivity (Wildman–Crippen MR) is 142 cm³/mol. The Hall–Kier alpha value is -4.75. The number of hydrogen-bond acceptors (Lipinski definition) is 6. The lowest BCUT2D eigenvalue weighted by molar-refractivity contribution is -0.126. The predicted octanol–water partition coefficient (Wildman–Crippen LogP) is 5.27. The van der Waals surface area contributed by atoms with Gasteiger partial charge >= 0.3 is 5.97 Å². The van der Waals surface area contributed by atoms with E-state index in [0.717, 1.165) is 16.8 Å². The minimum atomic E-state index is -0.954. The molecule has 7 heteroatoms. The van der Waals surface area contributed by atoms with E-state index in [0.29, 0.717) is 17.0 Å². The third-order valence-corrected chi connectivity index (χ3v) is 6.86. The summed E-state index contributed by atoms with van der Waals surface area (Å²) in [5.41, 5.74) is 3.49. The summed E-state index contributed by atoms with van der Waals surface area (Å²) in [5, 5.41) is 1.64. The number of esters is 1. The van der Waals surface area contributed by atoms with Gasteiger partial charge in [-0.2, -0.15) is 0 Å². The second-order valence-corrected chi connectivity index (χ2v) is 9.33. The Bertz CT molecular complexity index is 1490. The van der Waals surface area contributed by atoms with Crippen LogP contribution in [0.15, 0.2) is 109 Å². The van der Waals surface area contributed by atoms with Crippen molar-refractivity contribution in [1.82, 2.24) is 0 Å². The first kappa shape index (κ1) is 23.6. The van der Waals surface area contributed by atoms with Gasteiger partial charge in [0.25, 0.3) is 5.91 Å². The third-order valence-electron chi connectivity index (χ3n) is 6.86. The maximum Gasteiger partial charge on any atom is 0.343 e. The monoisotopic (exact) mass is 504 g/mol. The number of aryl methyl sites for hydroxylation is 1. The number of rotatable bonds is 5. The molecule has 0 saturated carbocycles. The normalized spacial score (nSPS) is 20.5. The van der Waals surface area contributed by atoms with Gasteiger partial charge in [0.1, 0.15) is 11.7 Å². The first-order chi connectivity index (χ1) is 18.5. The molecule has 2 aliphatic rings. The van der Waals surface area contributed by atoms with Crippen LogP contribution < -0.4 is 14.7 Å². The number of hydrogen-bond donors (Lipinski definition) is 0. The molecule has 2 aliphatic heterocycles. The van der Waals surface area contributed by atoms with Crippen LogP contribution in [0.4, 0.5) is 11.4 Å². The van der Waals surface area contributed by atoms with Crippen molar-refractivity contribution in [1.29, 1.82) is 0 Å². The van der Waals surface area contributed by atoms with Crippen molar-refractivity contribution >= 4 is 29.2 Å². The Labute approximate surface area is 219 Å². The lowest BCUT2D eigenvalue weighted by Crippen LogP contribution is -2.37. The summed E-state index contributed by atoms with van der Waals surface area (Å²) >= 11 is 0. The number of carbonyl (C=O) groups excluding carboxylic acids is 3. The van der Waals surface area contributed by atoms with Crippen molar-refractivity contribution in [3.63, 3.8) is 0 Å². The van der Waals surface area contributed by atoms with Gasteiger partial charge in [-0.3, -0.25) is 14.4 Å². The van der Waals surface area contributed by atoms with Crippen LogP contribution in [0.1, 0.15) is 27.5 Å². The van der Waals surface area contributed by atoms with Crippen LogP contribution >= 0.6 is 0 Å². The average molecular weight is 505 g/mol. The van der Waals surface area contributed by atoms with Crippen LogP contribution in [0.3, 0.4) is 0 Å². The number of nitrogens with zero attached hydrogens (tertiary/aromatic N) is 2. The number of imide groups is 1. The molecule has 0 spiro atoms. The number of carbonyl (C=O) groups is 3. The number of fused-ring (bicyclic) bond motifs is 1. The number of para-hydroxylation sites is 1. The maximum atomic E-state index is 13.7. The Morgan fingerprint density at radius 2 is 1.37 bits per heavy atom. The Kier molecular flexibility index (Phi) is 5.98. The molecular weight excluding hydrogens is 480 g/mol. The summed E-state index contributed by atoms with van der Waals surface area (Å²) in [7, 11) is 0. The lowest BCUT2D eigenvalue weighted by Gasteiger charge is -2.28. The zero-order valence-corrected chi connectivity index (χ0v) is 20.6. The summed E-state index contributed by atoms with van der Waals surface area (Å²) in [5.74, 6) is -1.53. The van der Waals surface area contributed by atoms with E-state index in [4.69, 9.17) is 9.57 Å². The van der Waals surface area contributed by atoms with Gasteiger partial charge in [0.2, 0.25) is 5.91 Å². The minimum Gasteiger partial charge on any atom is -0.423 e. The largest absolute Gasteiger partial charge is 0.423 e. The van der Waals surface area contributed by atoms with Crippen LogP contribution in [-0.4, -0.2) is 23.9 Å². The fourth-order valence-electron chi connectivity index (χ4n) is 4.97. The highest BCUT2D eigenvalue weighted by Crippen LogP contribution is 2.47. The molecule has 4 aromatic rings. The fraction of sp³-hybridized carbons (Fsp3) is 0.129. The second-order valence-electron chi connectivity index (χ2n) is 9.33. The van der Waals surface area contributed by atoms with E-state index >= 15 is 0 Å². The summed E-state index contributed by atoms with van der Waals surface area (Å²) in [6.07, 6.45) is -0.954. The van der Waals surface area contributed by atoms with Crippen molar-refractivity contribution in [3.8, 4) is 5.75 Å². The van der Waals surface area contributed by atoms with Crippen molar-refractivity contribution in [2.45, 2.75) is 19.1 Å². The molecule has 0 aliphatic carbocycles. The standard InChI is InChI=1S/C31H24N2O5/c1-20-12-16-23(17-13-20)32-29(34)26-27(33(38-28(26)30(32)35)24-10-6-3-7-11-24)21-14-18-25(19-15-21)37-31(36)22-8-4-2-5-9-22/h2-19,26-28H,1H3/t26-,27+,28+/m0/s1.